The van der Waals surface area contributed by atoms with Crippen molar-refractivity contribution in [3.8, 4) is 0 Å². The lowest BCUT2D eigenvalue weighted by molar-refractivity contribution is 0.142. The van der Waals surface area contributed by atoms with E-state index in [1.54, 1.807) is 29.1 Å². The largest absolute Gasteiger partial charge is 0.465 e. The van der Waals surface area contributed by atoms with Gasteiger partial charge in [-0.25, -0.2) is 9.18 Å². The van der Waals surface area contributed by atoms with Crippen molar-refractivity contribution < 1.29 is 19.0 Å². The van der Waals surface area contributed by atoms with Crippen LogP contribution in [0.15, 0.2) is 30.2 Å². The van der Waals surface area contributed by atoms with Crippen molar-refractivity contribution >= 4 is 34.9 Å². The third-order valence-electron chi connectivity index (χ3n) is 4.07. The number of rotatable bonds is 4. The van der Waals surface area contributed by atoms with Crippen molar-refractivity contribution in [2.24, 2.45) is 0 Å². The van der Waals surface area contributed by atoms with Crippen LogP contribution in [0.25, 0.3) is 5.57 Å². The fraction of sp³-hybridized carbons (Fsp3) is 0.294. The van der Waals surface area contributed by atoms with Crippen LogP contribution < -0.4 is 0 Å². The topological polar surface area (TPSA) is 67.6 Å². The quantitative estimate of drug-likeness (QED) is 0.841. The second-order valence-corrected chi connectivity index (χ2v) is 6.77. The van der Waals surface area contributed by atoms with Crippen molar-refractivity contribution in [3.63, 3.8) is 0 Å². The average molecular weight is 400 g/mol. The molecule has 0 bridgehead atoms. The molecular weight excluding hydrogens is 384 g/mol. The number of amides is 1. The van der Waals surface area contributed by atoms with Gasteiger partial charge < -0.3 is 14.7 Å². The summed E-state index contributed by atoms with van der Waals surface area (Å²) in [6, 6.07) is 5.15. The normalized spacial score (nSPS) is 15.5. The summed E-state index contributed by atoms with van der Waals surface area (Å²) in [5.41, 5.74) is 2.42. The highest BCUT2D eigenvalue weighted by atomic mass is 35.5. The Balaban J connectivity index is 1.96. The lowest BCUT2D eigenvalue weighted by Gasteiger charge is -2.21. The molecule has 1 N–H and O–H groups in total. The Hall–Kier alpha value is -2.09. The molecule has 1 aliphatic heterocycles. The first-order valence-corrected chi connectivity index (χ1v) is 8.50. The van der Waals surface area contributed by atoms with E-state index in [0.29, 0.717) is 34.5 Å². The van der Waals surface area contributed by atoms with Crippen molar-refractivity contribution in [2.45, 2.75) is 13.2 Å². The number of hydrogen-bond acceptors (Lipinski definition) is 3. The monoisotopic (exact) mass is 399 g/mol. The Bertz CT molecular complexity index is 882. The van der Waals surface area contributed by atoms with E-state index >= 15 is 0 Å². The van der Waals surface area contributed by atoms with Crippen LogP contribution in [0.2, 0.25) is 10.0 Å². The van der Waals surface area contributed by atoms with Crippen LogP contribution in [-0.4, -0.2) is 46.1 Å². The second-order valence-electron chi connectivity index (χ2n) is 5.93. The second kappa shape index (κ2) is 7.65. The maximum Gasteiger partial charge on any atom is 0.407 e. The third kappa shape index (κ3) is 3.85. The molecule has 3 rings (SSSR count). The van der Waals surface area contributed by atoms with Gasteiger partial charge >= 0.3 is 6.09 Å². The number of halogens is 3. The van der Waals surface area contributed by atoms with E-state index in [0.717, 1.165) is 16.0 Å². The van der Waals surface area contributed by atoms with Crippen LogP contribution >= 0.6 is 23.2 Å². The van der Waals surface area contributed by atoms with Gasteiger partial charge in [0.2, 0.25) is 0 Å². The van der Waals surface area contributed by atoms with E-state index in [4.69, 9.17) is 33.0 Å². The number of fused-ring (bicyclic) bond motifs is 1. The zero-order valence-electron chi connectivity index (χ0n) is 13.9. The molecule has 9 heteroatoms. The van der Waals surface area contributed by atoms with Crippen LogP contribution in [0.5, 0.6) is 0 Å². The summed E-state index contributed by atoms with van der Waals surface area (Å²) < 4.78 is 21.8. The number of hydrogen-bond donors (Lipinski definition) is 1. The van der Waals surface area contributed by atoms with Gasteiger partial charge in [0.1, 0.15) is 5.83 Å². The summed E-state index contributed by atoms with van der Waals surface area (Å²) in [6.07, 6.45) is 0.408. The summed E-state index contributed by atoms with van der Waals surface area (Å²) in [5, 5.41) is 14.3. The molecule has 2 aromatic rings. The predicted octanol–water partition coefficient (Wildman–Crippen LogP) is 4.06. The summed E-state index contributed by atoms with van der Waals surface area (Å²) in [4.78, 5) is 11.8. The van der Waals surface area contributed by atoms with Gasteiger partial charge in [-0.1, -0.05) is 29.3 Å². The molecule has 0 fully saturated rings. The number of carbonyl (C=O) groups is 1. The van der Waals surface area contributed by atoms with Gasteiger partial charge in [0.05, 0.1) is 38.2 Å². The molecule has 1 aromatic heterocycles. The molecule has 26 heavy (non-hydrogen) atoms. The Morgan fingerprint density at radius 2 is 2.19 bits per heavy atom. The number of nitrogens with zero attached hydrogens (tertiary/aromatic N) is 3. The molecule has 0 atom stereocenters. The lowest BCUT2D eigenvalue weighted by atomic mass is 10.1. The zero-order valence-corrected chi connectivity index (χ0v) is 15.4. The fourth-order valence-corrected chi connectivity index (χ4v) is 3.19. The zero-order chi connectivity index (χ0) is 18.8. The van der Waals surface area contributed by atoms with Crippen molar-refractivity contribution in [3.05, 3.63) is 57.1 Å². The van der Waals surface area contributed by atoms with E-state index in [-0.39, 0.29) is 13.2 Å². The first-order chi connectivity index (χ1) is 12.4. The SMILES string of the molecule is CN(CC(F)=C1COCc2cnn(Cc3ccc(Cl)cc3Cl)c21)C(=O)O. The number of benzene rings is 1. The lowest BCUT2D eigenvalue weighted by Crippen LogP contribution is -2.27. The minimum absolute atomic E-state index is 0.0480. The van der Waals surface area contributed by atoms with Crippen LogP contribution in [0, 0.1) is 0 Å². The summed E-state index contributed by atoms with van der Waals surface area (Å²) in [7, 11) is 1.30. The highest BCUT2D eigenvalue weighted by Gasteiger charge is 2.25. The Morgan fingerprint density at radius 1 is 1.42 bits per heavy atom. The minimum atomic E-state index is -1.21. The molecule has 0 saturated carbocycles. The van der Waals surface area contributed by atoms with Gasteiger partial charge in [-0.15, -0.1) is 0 Å². The predicted molar refractivity (Wildman–Crippen MR) is 96.1 cm³/mol. The first-order valence-electron chi connectivity index (χ1n) is 7.75. The number of aromatic nitrogens is 2. The molecule has 1 aromatic carbocycles. The van der Waals surface area contributed by atoms with Crippen molar-refractivity contribution in [1.82, 2.24) is 14.7 Å². The summed E-state index contributed by atoms with van der Waals surface area (Å²) >= 11 is 12.1. The van der Waals surface area contributed by atoms with Gasteiger partial charge in [-0.3, -0.25) is 4.68 Å². The molecular formula is C17H16Cl2FN3O3. The molecule has 0 saturated heterocycles. The number of likely N-dealkylation sites (N-methyl/N-ethyl adjacent to an activating group) is 1. The molecule has 2 heterocycles. The first kappa shape index (κ1) is 18.7. The molecule has 0 aliphatic carbocycles. The Labute approximate surface area is 159 Å². The van der Waals surface area contributed by atoms with Crippen molar-refractivity contribution in [1.29, 1.82) is 0 Å². The molecule has 0 radical (unpaired) electrons. The smallest absolute Gasteiger partial charge is 0.407 e. The van der Waals surface area contributed by atoms with Gasteiger partial charge in [-0.05, 0) is 17.7 Å². The molecule has 1 aliphatic rings. The van der Waals surface area contributed by atoms with Gasteiger partial charge in [-0.2, -0.15) is 5.10 Å². The van der Waals surface area contributed by atoms with E-state index in [9.17, 15) is 9.18 Å². The summed E-state index contributed by atoms with van der Waals surface area (Å²) in [6.45, 7) is 0.332. The molecule has 1 amide bonds. The maximum absolute atomic E-state index is 14.7. The minimum Gasteiger partial charge on any atom is -0.465 e. The number of ether oxygens (including phenoxy) is 1. The molecule has 0 unspecified atom stereocenters. The third-order valence-corrected chi connectivity index (χ3v) is 4.66. The van der Waals surface area contributed by atoms with Gasteiger partial charge in [0.25, 0.3) is 0 Å². The highest BCUT2D eigenvalue weighted by Crippen LogP contribution is 2.31. The van der Waals surface area contributed by atoms with Gasteiger partial charge in [0, 0.05) is 28.2 Å². The molecule has 6 nitrogen and oxygen atoms in total. The van der Waals surface area contributed by atoms with Crippen molar-refractivity contribution in [2.75, 3.05) is 20.2 Å². The van der Waals surface area contributed by atoms with Crippen LogP contribution in [0.3, 0.4) is 0 Å². The maximum atomic E-state index is 14.7. The van der Waals surface area contributed by atoms with Crippen LogP contribution in [0.4, 0.5) is 9.18 Å². The van der Waals surface area contributed by atoms with Crippen LogP contribution in [0.1, 0.15) is 16.8 Å². The van der Waals surface area contributed by atoms with E-state index in [1.807, 2.05) is 0 Å². The van der Waals surface area contributed by atoms with E-state index < -0.39 is 11.9 Å². The average Bonchev–Trinajstić information content (AvgIpc) is 3.00. The molecule has 138 valence electrons. The van der Waals surface area contributed by atoms with E-state index in [2.05, 4.69) is 5.10 Å². The van der Waals surface area contributed by atoms with E-state index in [1.165, 1.54) is 7.05 Å². The molecule has 0 spiro atoms. The Morgan fingerprint density at radius 3 is 2.88 bits per heavy atom. The van der Waals surface area contributed by atoms with Gasteiger partial charge in [0.15, 0.2) is 0 Å². The van der Waals surface area contributed by atoms with Crippen LogP contribution in [-0.2, 0) is 17.9 Å². The highest BCUT2D eigenvalue weighted by molar-refractivity contribution is 6.35. The Kier molecular flexibility index (Phi) is 5.50. The summed E-state index contributed by atoms with van der Waals surface area (Å²) in [5.74, 6) is -0.570. The fourth-order valence-electron chi connectivity index (χ4n) is 2.72. The number of carboxylic acid groups (broad SMARTS) is 1. The standard InChI is InChI=1S/C17H16Cl2FN3O3/c1-22(17(24)25)7-15(20)13-9-26-8-11-5-21-23(16(11)13)6-10-2-3-12(18)4-14(10)19/h2-5H,6-9H2,1H3,(H,24,25).